The van der Waals surface area contributed by atoms with E-state index in [2.05, 4.69) is 22.1 Å². The Morgan fingerprint density at radius 3 is 2.67 bits per heavy atom. The molecule has 0 spiro atoms. The van der Waals surface area contributed by atoms with Crippen LogP contribution < -0.4 is 11.1 Å². The highest BCUT2D eigenvalue weighted by atomic mass is 16.1. The molecule has 0 saturated heterocycles. The van der Waals surface area contributed by atoms with Crippen LogP contribution in [0.3, 0.4) is 0 Å². The van der Waals surface area contributed by atoms with Gasteiger partial charge in [0.2, 0.25) is 0 Å². The number of hydrogen-bond acceptors (Lipinski definition) is 3. The summed E-state index contributed by atoms with van der Waals surface area (Å²) in [6.45, 7) is 4.13. The van der Waals surface area contributed by atoms with Gasteiger partial charge in [0.05, 0.1) is 12.1 Å². The monoisotopic (exact) mass is 279 g/mol. The largest absolute Gasteiger partial charge is 0.320 e. The zero-order valence-electron chi connectivity index (χ0n) is 12.1. The van der Waals surface area contributed by atoms with Crippen molar-refractivity contribution in [3.8, 4) is 11.8 Å². The lowest BCUT2D eigenvalue weighted by molar-refractivity contribution is 0.102. The number of benzene rings is 1. The zero-order chi connectivity index (χ0) is 15.2. The minimum atomic E-state index is -0.226. The van der Waals surface area contributed by atoms with E-state index in [1.54, 1.807) is 12.3 Å². The lowest BCUT2D eigenvalue weighted by Crippen LogP contribution is -2.14. The summed E-state index contributed by atoms with van der Waals surface area (Å²) in [5.74, 6) is 5.99. The molecule has 1 heterocycles. The molecule has 3 N–H and O–H groups in total. The number of nitrogens with zero attached hydrogens (tertiary/aromatic N) is 1. The van der Waals surface area contributed by atoms with Crippen molar-refractivity contribution in [2.75, 3.05) is 11.9 Å². The number of rotatable bonds is 2. The molecule has 0 radical (unpaired) electrons. The summed E-state index contributed by atoms with van der Waals surface area (Å²) in [4.78, 5) is 16.6. The van der Waals surface area contributed by atoms with Gasteiger partial charge in [-0.25, -0.2) is 4.98 Å². The van der Waals surface area contributed by atoms with Gasteiger partial charge < -0.3 is 11.1 Å². The average molecular weight is 279 g/mol. The highest BCUT2D eigenvalue weighted by molar-refractivity contribution is 6.05. The molecule has 1 amide bonds. The molecular weight excluding hydrogens is 262 g/mol. The minimum Gasteiger partial charge on any atom is -0.320 e. The fourth-order valence-corrected chi connectivity index (χ4v) is 1.83. The van der Waals surface area contributed by atoms with E-state index in [4.69, 9.17) is 5.73 Å². The number of carbonyl (C=O) groups is 1. The third kappa shape index (κ3) is 3.91. The Bertz CT molecular complexity index is 709. The second kappa shape index (κ2) is 6.69. The maximum atomic E-state index is 12.4. The summed E-state index contributed by atoms with van der Waals surface area (Å²) in [5.41, 5.74) is 8.61. The Kier molecular flexibility index (Phi) is 4.70. The number of hydrogen-bond donors (Lipinski definition) is 2. The van der Waals surface area contributed by atoms with Crippen LogP contribution in [0.4, 0.5) is 5.82 Å². The predicted octanol–water partition coefficient (Wildman–Crippen LogP) is 2.26. The van der Waals surface area contributed by atoms with Crippen LogP contribution in [0.25, 0.3) is 0 Å². The van der Waals surface area contributed by atoms with Gasteiger partial charge in [-0.1, -0.05) is 29.5 Å². The Labute approximate surface area is 124 Å². The fourth-order valence-electron chi connectivity index (χ4n) is 1.83. The van der Waals surface area contributed by atoms with E-state index in [9.17, 15) is 4.79 Å². The van der Waals surface area contributed by atoms with Gasteiger partial charge in [0.1, 0.15) is 5.82 Å². The van der Waals surface area contributed by atoms with E-state index >= 15 is 0 Å². The second-order valence-corrected chi connectivity index (χ2v) is 4.73. The third-order valence-electron chi connectivity index (χ3n) is 2.90. The number of carbonyl (C=O) groups excluding carboxylic acids is 1. The first-order chi connectivity index (χ1) is 10.1. The maximum Gasteiger partial charge on any atom is 0.258 e. The van der Waals surface area contributed by atoms with Crippen LogP contribution in [-0.4, -0.2) is 17.4 Å². The molecule has 0 saturated carbocycles. The summed E-state index contributed by atoms with van der Waals surface area (Å²) in [6.07, 6.45) is 1.71. The number of pyridine rings is 1. The first kappa shape index (κ1) is 14.8. The van der Waals surface area contributed by atoms with Gasteiger partial charge in [-0.2, -0.15) is 0 Å². The highest BCUT2D eigenvalue weighted by Gasteiger charge is 2.11. The number of anilines is 1. The SMILES string of the molecule is Cc1ccc(NC(=O)c2cc(C)ccc2C#CCN)nc1. The molecule has 0 atom stereocenters. The van der Waals surface area contributed by atoms with E-state index < -0.39 is 0 Å². The summed E-state index contributed by atoms with van der Waals surface area (Å²) in [6, 6.07) is 9.23. The molecule has 4 nitrogen and oxygen atoms in total. The molecule has 21 heavy (non-hydrogen) atoms. The van der Waals surface area contributed by atoms with E-state index in [1.165, 1.54) is 0 Å². The summed E-state index contributed by atoms with van der Waals surface area (Å²) in [5, 5.41) is 2.78. The molecule has 0 bridgehead atoms. The van der Waals surface area contributed by atoms with Crippen LogP contribution in [0.15, 0.2) is 36.5 Å². The van der Waals surface area contributed by atoms with Gasteiger partial charge in [0.25, 0.3) is 5.91 Å². The lowest BCUT2D eigenvalue weighted by Gasteiger charge is -2.07. The molecule has 1 aromatic carbocycles. The minimum absolute atomic E-state index is 0.226. The van der Waals surface area contributed by atoms with Crippen LogP contribution in [-0.2, 0) is 0 Å². The van der Waals surface area contributed by atoms with Crippen LogP contribution in [0.1, 0.15) is 27.0 Å². The first-order valence-electron chi connectivity index (χ1n) is 6.64. The van der Waals surface area contributed by atoms with Crippen molar-refractivity contribution < 1.29 is 4.79 Å². The number of nitrogens with two attached hydrogens (primary N) is 1. The van der Waals surface area contributed by atoms with Crippen molar-refractivity contribution >= 4 is 11.7 Å². The van der Waals surface area contributed by atoms with E-state index in [0.29, 0.717) is 16.9 Å². The quantitative estimate of drug-likeness (QED) is 0.829. The lowest BCUT2D eigenvalue weighted by atomic mass is 10.0. The Morgan fingerprint density at radius 2 is 2.00 bits per heavy atom. The molecule has 0 fully saturated rings. The summed E-state index contributed by atoms with van der Waals surface area (Å²) < 4.78 is 0. The molecular formula is C17H17N3O. The Balaban J connectivity index is 2.29. The van der Waals surface area contributed by atoms with E-state index in [1.807, 2.05) is 38.1 Å². The van der Waals surface area contributed by atoms with Gasteiger partial charge in [-0.3, -0.25) is 4.79 Å². The molecule has 106 valence electrons. The van der Waals surface area contributed by atoms with Crippen LogP contribution in [0.2, 0.25) is 0 Å². The smallest absolute Gasteiger partial charge is 0.258 e. The van der Waals surface area contributed by atoms with Crippen molar-refractivity contribution in [2.24, 2.45) is 5.73 Å². The molecule has 0 aliphatic heterocycles. The number of amides is 1. The van der Waals surface area contributed by atoms with Gasteiger partial charge in [-0.05, 0) is 37.6 Å². The normalized spacial score (nSPS) is 9.67. The third-order valence-corrected chi connectivity index (χ3v) is 2.90. The van der Waals surface area contributed by atoms with Crippen molar-refractivity contribution in [3.63, 3.8) is 0 Å². The number of aryl methyl sites for hydroxylation is 2. The highest BCUT2D eigenvalue weighted by Crippen LogP contribution is 2.13. The average Bonchev–Trinajstić information content (AvgIpc) is 2.48. The van der Waals surface area contributed by atoms with Crippen LogP contribution in [0, 0.1) is 25.7 Å². The molecule has 1 aromatic heterocycles. The van der Waals surface area contributed by atoms with Crippen molar-refractivity contribution in [3.05, 3.63) is 58.8 Å². The molecule has 0 aliphatic rings. The fraction of sp³-hybridized carbons (Fsp3) is 0.176. The van der Waals surface area contributed by atoms with Crippen molar-refractivity contribution in [1.29, 1.82) is 0 Å². The molecule has 2 rings (SSSR count). The predicted molar refractivity (Wildman–Crippen MR) is 84.0 cm³/mol. The molecule has 2 aromatic rings. The van der Waals surface area contributed by atoms with Gasteiger partial charge in [0, 0.05) is 11.8 Å². The molecule has 0 unspecified atom stereocenters. The molecule has 0 aliphatic carbocycles. The van der Waals surface area contributed by atoms with Crippen LogP contribution >= 0.6 is 0 Å². The summed E-state index contributed by atoms with van der Waals surface area (Å²) >= 11 is 0. The van der Waals surface area contributed by atoms with Crippen molar-refractivity contribution in [1.82, 2.24) is 4.98 Å². The van der Waals surface area contributed by atoms with E-state index in [-0.39, 0.29) is 12.5 Å². The Morgan fingerprint density at radius 1 is 1.24 bits per heavy atom. The van der Waals surface area contributed by atoms with Gasteiger partial charge in [-0.15, -0.1) is 0 Å². The van der Waals surface area contributed by atoms with Gasteiger partial charge in [0.15, 0.2) is 0 Å². The van der Waals surface area contributed by atoms with E-state index in [0.717, 1.165) is 11.1 Å². The first-order valence-corrected chi connectivity index (χ1v) is 6.64. The second-order valence-electron chi connectivity index (χ2n) is 4.73. The summed E-state index contributed by atoms with van der Waals surface area (Å²) in [7, 11) is 0. The molecule has 4 heteroatoms. The van der Waals surface area contributed by atoms with Gasteiger partial charge >= 0.3 is 0 Å². The Hall–Kier alpha value is -2.64. The maximum absolute atomic E-state index is 12.4. The van der Waals surface area contributed by atoms with Crippen molar-refractivity contribution in [2.45, 2.75) is 13.8 Å². The topological polar surface area (TPSA) is 68.0 Å². The van der Waals surface area contributed by atoms with Crippen LogP contribution in [0.5, 0.6) is 0 Å². The standard InChI is InChI=1S/C17H17N3O/c1-12-5-7-14(4-3-9-18)15(10-12)17(21)20-16-8-6-13(2)11-19-16/h5-8,10-11H,9,18H2,1-2H3,(H,19,20,21). The number of aromatic nitrogens is 1. The number of nitrogens with one attached hydrogen (secondary N) is 1. The zero-order valence-corrected chi connectivity index (χ0v) is 12.1.